The average molecular weight is 317 g/mol. The van der Waals surface area contributed by atoms with Gasteiger partial charge in [0.05, 0.1) is 20.8 Å². The molecule has 0 aromatic heterocycles. The van der Waals surface area contributed by atoms with Gasteiger partial charge in [0.15, 0.2) is 16.5 Å². The SMILES string of the molecule is CC#CCN1C(C(=O)OC)=C(C(=O)OC)NC1Br. The van der Waals surface area contributed by atoms with Crippen LogP contribution in [0.5, 0.6) is 0 Å². The number of esters is 2. The van der Waals surface area contributed by atoms with Crippen molar-refractivity contribution in [2.24, 2.45) is 0 Å². The Morgan fingerprint density at radius 2 is 2.00 bits per heavy atom. The van der Waals surface area contributed by atoms with E-state index < -0.39 is 17.0 Å². The van der Waals surface area contributed by atoms with Crippen molar-refractivity contribution >= 4 is 27.9 Å². The number of nitrogens with zero attached hydrogens (tertiary/aromatic N) is 1. The molecule has 1 heterocycles. The van der Waals surface area contributed by atoms with Crippen LogP contribution < -0.4 is 5.32 Å². The van der Waals surface area contributed by atoms with E-state index in [-0.39, 0.29) is 17.9 Å². The Labute approximate surface area is 113 Å². The third-order valence-electron chi connectivity index (χ3n) is 2.26. The van der Waals surface area contributed by atoms with Crippen LogP contribution in [0.25, 0.3) is 0 Å². The van der Waals surface area contributed by atoms with Gasteiger partial charge in [-0.3, -0.25) is 0 Å². The highest BCUT2D eigenvalue weighted by atomic mass is 79.9. The number of nitrogens with one attached hydrogen (secondary N) is 1. The molecular weight excluding hydrogens is 304 g/mol. The van der Waals surface area contributed by atoms with Gasteiger partial charge < -0.3 is 19.7 Å². The summed E-state index contributed by atoms with van der Waals surface area (Å²) >= 11 is 3.30. The first-order valence-electron chi connectivity index (χ1n) is 5.04. The predicted octanol–water partition coefficient (Wildman–Crippen LogP) is 0.151. The monoisotopic (exact) mass is 316 g/mol. The molecule has 0 bridgehead atoms. The summed E-state index contributed by atoms with van der Waals surface area (Å²) in [7, 11) is 2.49. The summed E-state index contributed by atoms with van der Waals surface area (Å²) in [6.45, 7) is 1.97. The van der Waals surface area contributed by atoms with Crippen molar-refractivity contribution < 1.29 is 19.1 Å². The van der Waals surface area contributed by atoms with Crippen LogP contribution in [0.3, 0.4) is 0 Å². The van der Waals surface area contributed by atoms with E-state index >= 15 is 0 Å². The highest BCUT2D eigenvalue weighted by Gasteiger charge is 2.37. The number of methoxy groups -OCH3 is 2. The third-order valence-corrected chi connectivity index (χ3v) is 2.98. The molecule has 1 unspecified atom stereocenters. The van der Waals surface area contributed by atoms with Gasteiger partial charge in [0.25, 0.3) is 0 Å². The van der Waals surface area contributed by atoms with E-state index in [4.69, 9.17) is 0 Å². The molecule has 0 saturated heterocycles. The van der Waals surface area contributed by atoms with Crippen LogP contribution >= 0.6 is 15.9 Å². The standard InChI is InChI=1S/C11H13BrN2O4/c1-4-5-6-14-8(10(16)18-3)7(9(15)17-2)13-11(14)12/h11,13H,6H2,1-3H3. The summed E-state index contributed by atoms with van der Waals surface area (Å²) < 4.78 is 9.27. The number of halogens is 1. The van der Waals surface area contributed by atoms with E-state index in [1.165, 1.54) is 14.2 Å². The van der Waals surface area contributed by atoms with Crippen LogP contribution in [-0.2, 0) is 19.1 Å². The number of carbonyl (C=O) groups is 2. The van der Waals surface area contributed by atoms with E-state index in [1.54, 1.807) is 11.8 Å². The molecule has 0 spiro atoms. The maximum Gasteiger partial charge on any atom is 0.356 e. The molecule has 1 rings (SSSR count). The number of carbonyl (C=O) groups excluding carboxylic acids is 2. The Morgan fingerprint density at radius 1 is 1.39 bits per heavy atom. The molecule has 1 N–H and O–H groups in total. The molecular formula is C11H13BrN2O4. The number of rotatable bonds is 3. The Balaban J connectivity index is 3.15. The van der Waals surface area contributed by atoms with Gasteiger partial charge in [0, 0.05) is 0 Å². The van der Waals surface area contributed by atoms with Gasteiger partial charge in [-0.15, -0.1) is 5.92 Å². The summed E-state index contributed by atoms with van der Waals surface area (Å²) in [4.78, 5) is 24.9. The van der Waals surface area contributed by atoms with E-state index in [0.29, 0.717) is 0 Å². The van der Waals surface area contributed by atoms with E-state index in [1.807, 2.05) is 0 Å². The van der Waals surface area contributed by atoms with Crippen LogP contribution in [-0.4, -0.2) is 42.7 Å². The second-order valence-corrected chi connectivity index (χ2v) is 4.11. The Morgan fingerprint density at radius 3 is 2.50 bits per heavy atom. The molecule has 6 nitrogen and oxygen atoms in total. The zero-order chi connectivity index (χ0) is 13.7. The molecule has 0 aromatic rings. The number of hydrogen-bond donors (Lipinski definition) is 1. The fourth-order valence-electron chi connectivity index (χ4n) is 1.42. The Bertz CT molecular complexity index is 450. The second kappa shape index (κ2) is 6.31. The highest BCUT2D eigenvalue weighted by Crippen LogP contribution is 2.24. The quantitative estimate of drug-likeness (QED) is 0.346. The summed E-state index contributed by atoms with van der Waals surface area (Å²) in [6.07, 6.45) is 0. The summed E-state index contributed by atoms with van der Waals surface area (Å²) in [6, 6.07) is 0. The number of hydrogen-bond acceptors (Lipinski definition) is 6. The van der Waals surface area contributed by atoms with Gasteiger partial charge in [0.2, 0.25) is 0 Å². The van der Waals surface area contributed by atoms with Crippen molar-refractivity contribution in [2.45, 2.75) is 12.0 Å². The minimum absolute atomic E-state index is 0.0594. The molecule has 0 aliphatic carbocycles. The number of ether oxygens (including phenoxy) is 2. The minimum Gasteiger partial charge on any atom is -0.464 e. The van der Waals surface area contributed by atoms with E-state index in [9.17, 15) is 9.59 Å². The zero-order valence-corrected chi connectivity index (χ0v) is 11.8. The van der Waals surface area contributed by atoms with Gasteiger partial charge in [0.1, 0.15) is 0 Å². The van der Waals surface area contributed by atoms with Crippen LogP contribution in [0.1, 0.15) is 6.92 Å². The second-order valence-electron chi connectivity index (χ2n) is 3.24. The molecule has 1 aliphatic rings. The number of alkyl halides is 1. The van der Waals surface area contributed by atoms with Crippen LogP contribution in [0.4, 0.5) is 0 Å². The first-order valence-corrected chi connectivity index (χ1v) is 5.96. The van der Waals surface area contributed by atoms with E-state index in [2.05, 4.69) is 42.6 Å². The van der Waals surface area contributed by atoms with Crippen molar-refractivity contribution in [2.75, 3.05) is 20.8 Å². The molecule has 0 fully saturated rings. The lowest BCUT2D eigenvalue weighted by Crippen LogP contribution is -2.34. The van der Waals surface area contributed by atoms with Crippen molar-refractivity contribution in [3.05, 3.63) is 11.4 Å². The lowest BCUT2D eigenvalue weighted by atomic mass is 10.3. The van der Waals surface area contributed by atoms with Gasteiger partial charge in [-0.2, -0.15) is 0 Å². The van der Waals surface area contributed by atoms with Crippen LogP contribution in [0.15, 0.2) is 11.4 Å². The van der Waals surface area contributed by atoms with Gasteiger partial charge >= 0.3 is 11.9 Å². The summed E-state index contributed by atoms with van der Waals surface area (Å²) in [5.41, 5.74) is 0.165. The predicted molar refractivity (Wildman–Crippen MR) is 67.1 cm³/mol. The third kappa shape index (κ3) is 2.76. The minimum atomic E-state index is -0.633. The maximum absolute atomic E-state index is 11.7. The van der Waals surface area contributed by atoms with Crippen molar-refractivity contribution in [3.63, 3.8) is 0 Å². The molecule has 18 heavy (non-hydrogen) atoms. The molecule has 7 heteroatoms. The topological polar surface area (TPSA) is 67.9 Å². The summed E-state index contributed by atoms with van der Waals surface area (Å²) in [5.74, 6) is 4.28. The molecule has 0 amide bonds. The fraction of sp³-hybridized carbons (Fsp3) is 0.455. The smallest absolute Gasteiger partial charge is 0.356 e. The highest BCUT2D eigenvalue weighted by molar-refractivity contribution is 9.09. The van der Waals surface area contributed by atoms with Gasteiger partial charge in [-0.05, 0) is 22.9 Å². The van der Waals surface area contributed by atoms with Crippen LogP contribution in [0.2, 0.25) is 0 Å². The van der Waals surface area contributed by atoms with Crippen molar-refractivity contribution in [1.82, 2.24) is 10.2 Å². The molecule has 0 aromatic carbocycles. The zero-order valence-electron chi connectivity index (χ0n) is 10.2. The Kier molecular flexibility index (Phi) is 5.04. The van der Waals surface area contributed by atoms with Crippen LogP contribution in [0, 0.1) is 11.8 Å². The molecule has 1 atom stereocenters. The lowest BCUT2D eigenvalue weighted by Gasteiger charge is -2.20. The molecule has 0 saturated carbocycles. The first kappa shape index (κ1) is 14.4. The normalized spacial score (nSPS) is 17.8. The Hall–Kier alpha value is -1.68. The fourth-order valence-corrected chi connectivity index (χ4v) is 2.00. The maximum atomic E-state index is 11.7. The largest absolute Gasteiger partial charge is 0.464 e. The van der Waals surface area contributed by atoms with Gasteiger partial charge in [-0.1, -0.05) is 5.92 Å². The molecule has 0 radical (unpaired) electrons. The lowest BCUT2D eigenvalue weighted by molar-refractivity contribution is -0.140. The summed E-state index contributed by atoms with van der Waals surface area (Å²) in [5, 5.41) is 2.39. The molecule has 98 valence electrons. The van der Waals surface area contributed by atoms with Crippen molar-refractivity contribution in [1.29, 1.82) is 0 Å². The van der Waals surface area contributed by atoms with Crippen molar-refractivity contribution in [3.8, 4) is 11.8 Å². The molecule has 1 aliphatic heterocycles. The average Bonchev–Trinajstić information content (AvgIpc) is 2.71. The van der Waals surface area contributed by atoms with Gasteiger partial charge in [-0.25, -0.2) is 9.59 Å². The van der Waals surface area contributed by atoms with E-state index in [0.717, 1.165) is 0 Å². The first-order chi connectivity index (χ1) is 8.56.